The lowest BCUT2D eigenvalue weighted by Gasteiger charge is -2.02. The van der Waals surface area contributed by atoms with Crippen molar-refractivity contribution in [3.8, 4) is 0 Å². The second-order valence-electron chi connectivity index (χ2n) is 4.63. The van der Waals surface area contributed by atoms with E-state index in [0.717, 1.165) is 0 Å². The van der Waals surface area contributed by atoms with Crippen LogP contribution in [0.2, 0.25) is 0 Å². The van der Waals surface area contributed by atoms with Crippen LogP contribution in [0.15, 0.2) is 23.6 Å². The molecule has 1 heterocycles. The van der Waals surface area contributed by atoms with Crippen molar-refractivity contribution in [1.82, 2.24) is 0 Å². The summed E-state index contributed by atoms with van der Waals surface area (Å²) in [5.41, 5.74) is 0. The van der Waals surface area contributed by atoms with Crippen molar-refractivity contribution in [3.63, 3.8) is 0 Å². The Labute approximate surface area is 115 Å². The van der Waals surface area contributed by atoms with E-state index in [9.17, 15) is 0 Å². The highest BCUT2D eigenvalue weighted by Gasteiger charge is 1.92. The Morgan fingerprint density at radius 3 is 1.47 bits per heavy atom. The first-order chi connectivity index (χ1) is 8.50. The molecule has 0 aromatic heterocycles. The smallest absolute Gasteiger partial charge is 0.0229 e. The molecule has 0 fully saturated rings. The van der Waals surface area contributed by atoms with Crippen LogP contribution in [0, 0.1) is 0 Å². The molecule has 0 bridgehead atoms. The van der Waals surface area contributed by atoms with Gasteiger partial charge in [0, 0.05) is 5.75 Å². The van der Waals surface area contributed by atoms with Crippen LogP contribution in [0.4, 0.5) is 0 Å². The van der Waals surface area contributed by atoms with Gasteiger partial charge in [0.25, 0.3) is 0 Å². The molecule has 17 heavy (non-hydrogen) atoms. The zero-order valence-corrected chi connectivity index (χ0v) is 12.5. The average Bonchev–Trinajstić information content (AvgIpc) is 2.88. The molecule has 0 amide bonds. The average molecular weight is 271 g/mol. The van der Waals surface area contributed by atoms with Gasteiger partial charge in [0.1, 0.15) is 0 Å². The van der Waals surface area contributed by atoms with Gasteiger partial charge in [0.05, 0.1) is 0 Å². The fourth-order valence-electron chi connectivity index (χ4n) is 2.02. The quantitative estimate of drug-likeness (QED) is 0.371. The zero-order valence-electron chi connectivity index (χ0n) is 10.9. The third kappa shape index (κ3) is 11.0. The molecule has 0 saturated carbocycles. The monoisotopic (exact) mass is 270 g/mol. The predicted octanol–water partition coefficient (Wildman–Crippen LogP) is 6.35. The molecule has 2 heteroatoms. The van der Waals surface area contributed by atoms with E-state index < -0.39 is 0 Å². The topological polar surface area (TPSA) is 0 Å². The Hall–Kier alpha value is 0.180. The summed E-state index contributed by atoms with van der Waals surface area (Å²) in [6, 6.07) is 0. The van der Waals surface area contributed by atoms with Crippen LogP contribution in [0.25, 0.3) is 0 Å². The van der Waals surface area contributed by atoms with Crippen molar-refractivity contribution >= 4 is 21.6 Å². The summed E-state index contributed by atoms with van der Waals surface area (Å²) in [6.45, 7) is 0. The molecule has 0 aromatic carbocycles. The summed E-state index contributed by atoms with van der Waals surface area (Å²) in [6.07, 6.45) is 21.2. The zero-order chi connectivity index (χ0) is 12.0. The molecule has 0 N–H and O–H groups in total. The Kier molecular flexibility index (Phi) is 11.3. The minimum absolute atomic E-state index is 1.20. The normalized spacial score (nSPS) is 22.1. The van der Waals surface area contributed by atoms with Crippen LogP contribution in [0.3, 0.4) is 0 Å². The second-order valence-corrected chi connectivity index (χ2v) is 6.95. The maximum absolute atomic E-state index is 2.38. The van der Waals surface area contributed by atoms with E-state index in [2.05, 4.69) is 23.6 Å². The van der Waals surface area contributed by atoms with Crippen molar-refractivity contribution in [3.05, 3.63) is 23.6 Å². The van der Waals surface area contributed by atoms with Gasteiger partial charge in [-0.25, -0.2) is 0 Å². The molecule has 0 spiro atoms. The molecule has 1 aliphatic carbocycles. The van der Waals surface area contributed by atoms with E-state index in [1.807, 2.05) is 21.6 Å². The van der Waals surface area contributed by atoms with Gasteiger partial charge in [-0.05, 0) is 31.1 Å². The fraction of sp³-hybridized carbons (Fsp3) is 0.733. The second kappa shape index (κ2) is 12.6. The summed E-state index contributed by atoms with van der Waals surface area (Å²) in [4.78, 5) is 0. The van der Waals surface area contributed by atoms with Crippen molar-refractivity contribution < 1.29 is 0 Å². The van der Waals surface area contributed by atoms with Gasteiger partial charge in [-0.1, -0.05) is 78.3 Å². The lowest BCUT2D eigenvalue weighted by atomic mass is 10.0. The Balaban J connectivity index is 0.000000239. The van der Waals surface area contributed by atoms with E-state index in [1.54, 1.807) is 0 Å². The maximum atomic E-state index is 2.38. The fourth-order valence-corrected chi connectivity index (χ4v) is 3.59. The van der Waals surface area contributed by atoms with E-state index in [4.69, 9.17) is 0 Å². The summed E-state index contributed by atoms with van der Waals surface area (Å²) in [7, 11) is 3.69. The Morgan fingerprint density at radius 2 is 1.12 bits per heavy atom. The lowest BCUT2D eigenvalue weighted by molar-refractivity contribution is 0.566. The molecular formula is C15H26S2. The SMILES string of the molecule is C1=CCCCCCCCCCC1.C1=CSSC1. The third-order valence-corrected chi connectivity index (χ3v) is 4.96. The Bertz CT molecular complexity index is 189. The highest BCUT2D eigenvalue weighted by Crippen LogP contribution is 2.27. The van der Waals surface area contributed by atoms with Crippen LogP contribution in [-0.4, -0.2) is 5.75 Å². The largest absolute Gasteiger partial charge is 0.0885 e. The molecule has 98 valence electrons. The van der Waals surface area contributed by atoms with E-state index in [-0.39, 0.29) is 0 Å². The van der Waals surface area contributed by atoms with Gasteiger partial charge in [-0.15, -0.1) is 0 Å². The molecule has 2 aliphatic rings. The molecule has 1 aliphatic heterocycles. The van der Waals surface area contributed by atoms with Crippen LogP contribution in [0.1, 0.15) is 64.2 Å². The summed E-state index contributed by atoms with van der Waals surface area (Å²) >= 11 is 0. The molecule has 0 atom stereocenters. The highest BCUT2D eigenvalue weighted by atomic mass is 33.1. The van der Waals surface area contributed by atoms with Gasteiger partial charge >= 0.3 is 0 Å². The minimum atomic E-state index is 1.20. The van der Waals surface area contributed by atoms with Gasteiger partial charge in [-0.3, -0.25) is 0 Å². The van der Waals surface area contributed by atoms with E-state index >= 15 is 0 Å². The molecule has 0 radical (unpaired) electrons. The van der Waals surface area contributed by atoms with Crippen LogP contribution in [-0.2, 0) is 0 Å². The first-order valence-corrected chi connectivity index (χ1v) is 9.46. The number of hydrogen-bond donors (Lipinski definition) is 0. The lowest BCUT2D eigenvalue weighted by Crippen LogP contribution is -1.82. The molecule has 0 unspecified atom stereocenters. The van der Waals surface area contributed by atoms with Gasteiger partial charge < -0.3 is 0 Å². The van der Waals surface area contributed by atoms with Crippen LogP contribution in [0.5, 0.6) is 0 Å². The predicted molar refractivity (Wildman–Crippen MR) is 84.5 cm³/mol. The van der Waals surface area contributed by atoms with E-state index in [1.165, 1.54) is 70.0 Å². The highest BCUT2D eigenvalue weighted by molar-refractivity contribution is 8.78. The number of allylic oxidation sites excluding steroid dienone is 2. The van der Waals surface area contributed by atoms with Gasteiger partial charge in [-0.2, -0.15) is 0 Å². The first kappa shape index (κ1) is 15.2. The van der Waals surface area contributed by atoms with Crippen molar-refractivity contribution in [2.45, 2.75) is 64.2 Å². The molecular weight excluding hydrogens is 244 g/mol. The minimum Gasteiger partial charge on any atom is -0.0885 e. The number of rotatable bonds is 0. The third-order valence-electron chi connectivity index (χ3n) is 3.04. The first-order valence-electron chi connectivity index (χ1n) is 7.08. The molecule has 0 saturated heterocycles. The summed E-state index contributed by atoms with van der Waals surface area (Å²) in [5, 5.41) is 2.12. The van der Waals surface area contributed by atoms with Crippen LogP contribution >= 0.6 is 21.6 Å². The van der Waals surface area contributed by atoms with Gasteiger partial charge in [0.15, 0.2) is 0 Å². The van der Waals surface area contributed by atoms with Crippen molar-refractivity contribution in [2.24, 2.45) is 0 Å². The summed E-state index contributed by atoms with van der Waals surface area (Å²) in [5.74, 6) is 1.20. The Morgan fingerprint density at radius 1 is 0.588 bits per heavy atom. The van der Waals surface area contributed by atoms with E-state index in [0.29, 0.717) is 0 Å². The van der Waals surface area contributed by atoms with Crippen molar-refractivity contribution in [1.29, 1.82) is 0 Å². The molecule has 0 nitrogen and oxygen atoms in total. The number of hydrogen-bond acceptors (Lipinski definition) is 2. The van der Waals surface area contributed by atoms with Gasteiger partial charge in [0.2, 0.25) is 0 Å². The summed E-state index contributed by atoms with van der Waals surface area (Å²) < 4.78 is 0. The molecule has 2 rings (SSSR count). The standard InChI is InChI=1S/C12H22.C3H4S2/c1-2-4-6-8-10-12-11-9-7-5-3-1;1-2-4-5-3-1/h1-2H,3-12H2;1-2H,3H2. The van der Waals surface area contributed by atoms with Crippen molar-refractivity contribution in [2.75, 3.05) is 5.75 Å². The molecule has 0 aromatic rings. The van der Waals surface area contributed by atoms with Crippen LogP contribution < -0.4 is 0 Å². The maximum Gasteiger partial charge on any atom is 0.0229 e.